The Hall–Kier alpha value is -1.58. The van der Waals surface area contributed by atoms with E-state index in [1.165, 1.54) is 6.92 Å². The summed E-state index contributed by atoms with van der Waals surface area (Å²) in [6.07, 6.45) is 0.684. The summed E-state index contributed by atoms with van der Waals surface area (Å²) in [5.41, 5.74) is 2.68. The second-order valence-electron chi connectivity index (χ2n) is 4.25. The van der Waals surface area contributed by atoms with Crippen LogP contribution in [-0.2, 0) is 0 Å². The Morgan fingerprint density at radius 3 is 2.26 bits per heavy atom. The monoisotopic (exact) mass is 295 g/mol. The molecule has 1 N–H and O–H groups in total. The predicted molar refractivity (Wildman–Crippen MR) is 76.4 cm³/mol. The van der Waals surface area contributed by atoms with Crippen molar-refractivity contribution in [2.45, 2.75) is 13.8 Å². The van der Waals surface area contributed by atoms with E-state index in [1.54, 1.807) is 25.1 Å². The smallest absolute Gasteiger partial charge is 0.166 e. The van der Waals surface area contributed by atoms with E-state index in [2.05, 4.69) is 4.98 Å². The van der Waals surface area contributed by atoms with E-state index in [1.807, 2.05) is 0 Å². The van der Waals surface area contributed by atoms with Crippen LogP contribution < -0.4 is 0 Å². The van der Waals surface area contributed by atoms with Gasteiger partial charge in [-0.05, 0) is 37.6 Å². The van der Waals surface area contributed by atoms with Gasteiger partial charge in [0.25, 0.3) is 0 Å². The summed E-state index contributed by atoms with van der Waals surface area (Å²) >= 11 is 11.9. The minimum atomic E-state index is -0.118. The number of hydrogen-bond acceptors (Lipinski definition) is 2. The topological polar surface area (TPSA) is 49.9 Å². The van der Waals surface area contributed by atoms with Crippen molar-refractivity contribution in [3.05, 3.63) is 45.2 Å². The Labute approximate surface area is 120 Å². The molecule has 1 aromatic carbocycles. The van der Waals surface area contributed by atoms with Gasteiger partial charge in [-0.15, -0.1) is 0 Å². The van der Waals surface area contributed by atoms with E-state index in [9.17, 15) is 9.59 Å². The quantitative estimate of drug-likeness (QED) is 0.677. The van der Waals surface area contributed by atoms with Gasteiger partial charge in [0.05, 0.1) is 5.69 Å². The highest BCUT2D eigenvalue weighted by Crippen LogP contribution is 2.33. The molecule has 0 fully saturated rings. The summed E-state index contributed by atoms with van der Waals surface area (Å²) in [5.74, 6) is -0.118. The lowest BCUT2D eigenvalue weighted by atomic mass is 9.98. The minimum absolute atomic E-state index is 0.118. The maximum Gasteiger partial charge on any atom is 0.166 e. The number of aldehydes is 1. The largest absolute Gasteiger partial charge is 0.355 e. The van der Waals surface area contributed by atoms with Crippen LogP contribution in [0.25, 0.3) is 11.1 Å². The number of carbonyl (C=O) groups is 2. The average Bonchev–Trinajstić information content (AvgIpc) is 2.64. The van der Waals surface area contributed by atoms with Crippen LogP contribution in [0.5, 0.6) is 0 Å². The molecule has 2 rings (SSSR count). The maximum atomic E-state index is 11.8. The normalized spacial score (nSPS) is 10.5. The SMILES string of the molecule is CC(=O)c1c(C)[nH]c(C=O)c1-c1cc(Cl)cc(Cl)c1. The standard InChI is InChI=1S/C14H11Cl2NO2/c1-7-13(8(2)19)14(12(6-18)17-7)9-3-10(15)5-11(16)4-9/h3-6,17H,1-2H3. The van der Waals surface area contributed by atoms with E-state index in [4.69, 9.17) is 23.2 Å². The molecule has 0 radical (unpaired) electrons. The molecular formula is C14H11Cl2NO2. The molecule has 0 atom stereocenters. The number of nitrogens with one attached hydrogen (secondary N) is 1. The first kappa shape index (κ1) is 13.8. The molecule has 98 valence electrons. The third kappa shape index (κ3) is 2.57. The van der Waals surface area contributed by atoms with Gasteiger partial charge < -0.3 is 4.98 Å². The highest BCUT2D eigenvalue weighted by Gasteiger charge is 2.20. The van der Waals surface area contributed by atoms with Crippen molar-refractivity contribution >= 4 is 35.3 Å². The Kier molecular flexibility index (Phi) is 3.78. The molecule has 0 aliphatic rings. The molecule has 3 nitrogen and oxygen atoms in total. The highest BCUT2D eigenvalue weighted by molar-refractivity contribution is 6.35. The van der Waals surface area contributed by atoms with E-state index in [0.717, 1.165) is 0 Å². The number of aromatic nitrogens is 1. The van der Waals surface area contributed by atoms with Gasteiger partial charge in [-0.1, -0.05) is 23.2 Å². The highest BCUT2D eigenvalue weighted by atomic mass is 35.5. The van der Waals surface area contributed by atoms with Crippen molar-refractivity contribution in [1.82, 2.24) is 4.98 Å². The zero-order chi connectivity index (χ0) is 14.2. The molecule has 0 aliphatic carbocycles. The lowest BCUT2D eigenvalue weighted by molar-refractivity contribution is 0.101. The fourth-order valence-electron chi connectivity index (χ4n) is 2.18. The van der Waals surface area contributed by atoms with Crippen molar-refractivity contribution in [3.8, 4) is 11.1 Å². The zero-order valence-corrected chi connectivity index (χ0v) is 11.9. The van der Waals surface area contributed by atoms with Gasteiger partial charge in [0, 0.05) is 26.9 Å². The molecule has 0 bridgehead atoms. The number of hydrogen-bond donors (Lipinski definition) is 1. The van der Waals surface area contributed by atoms with E-state index < -0.39 is 0 Å². The number of halogens is 2. The first-order chi connectivity index (χ1) is 8.93. The van der Waals surface area contributed by atoms with Crippen molar-refractivity contribution in [2.24, 2.45) is 0 Å². The van der Waals surface area contributed by atoms with Crippen molar-refractivity contribution in [3.63, 3.8) is 0 Å². The van der Waals surface area contributed by atoms with E-state index >= 15 is 0 Å². The Bertz CT molecular complexity index is 654. The Morgan fingerprint density at radius 2 is 1.79 bits per heavy atom. The van der Waals surface area contributed by atoms with E-state index in [0.29, 0.717) is 44.4 Å². The van der Waals surface area contributed by atoms with Crippen LogP contribution in [0.1, 0.15) is 33.5 Å². The van der Waals surface area contributed by atoms with Crippen LogP contribution >= 0.6 is 23.2 Å². The van der Waals surface area contributed by atoms with Crippen LogP contribution in [0.4, 0.5) is 0 Å². The van der Waals surface area contributed by atoms with Crippen molar-refractivity contribution in [1.29, 1.82) is 0 Å². The molecular weight excluding hydrogens is 285 g/mol. The van der Waals surface area contributed by atoms with Crippen LogP contribution in [0, 0.1) is 6.92 Å². The Morgan fingerprint density at radius 1 is 1.21 bits per heavy atom. The third-order valence-corrected chi connectivity index (χ3v) is 3.27. The van der Waals surface area contributed by atoms with Gasteiger partial charge in [0.15, 0.2) is 12.1 Å². The number of rotatable bonds is 3. The first-order valence-corrected chi connectivity index (χ1v) is 6.34. The van der Waals surface area contributed by atoms with Gasteiger partial charge in [-0.3, -0.25) is 9.59 Å². The van der Waals surface area contributed by atoms with Crippen LogP contribution in [0.3, 0.4) is 0 Å². The number of ketones is 1. The molecule has 0 saturated carbocycles. The lowest BCUT2D eigenvalue weighted by Gasteiger charge is -2.05. The molecule has 1 aromatic heterocycles. The molecule has 0 saturated heterocycles. The fourth-order valence-corrected chi connectivity index (χ4v) is 2.70. The van der Waals surface area contributed by atoms with Gasteiger partial charge in [-0.25, -0.2) is 0 Å². The summed E-state index contributed by atoms with van der Waals surface area (Å²) in [7, 11) is 0. The average molecular weight is 296 g/mol. The minimum Gasteiger partial charge on any atom is -0.355 e. The second kappa shape index (κ2) is 5.19. The lowest BCUT2D eigenvalue weighted by Crippen LogP contribution is -1.96. The number of aryl methyl sites for hydroxylation is 1. The zero-order valence-electron chi connectivity index (χ0n) is 10.4. The number of benzene rings is 1. The Balaban J connectivity index is 2.79. The predicted octanol–water partition coefficient (Wildman–Crippen LogP) is 4.31. The summed E-state index contributed by atoms with van der Waals surface area (Å²) in [4.78, 5) is 25.8. The number of Topliss-reactive ketones (excluding diaryl/α,β-unsaturated/α-hetero) is 1. The number of aromatic amines is 1. The van der Waals surface area contributed by atoms with Gasteiger partial charge in [0.1, 0.15) is 0 Å². The molecule has 0 amide bonds. The van der Waals surface area contributed by atoms with Gasteiger partial charge in [-0.2, -0.15) is 0 Å². The second-order valence-corrected chi connectivity index (χ2v) is 5.12. The van der Waals surface area contributed by atoms with Crippen LogP contribution in [0.15, 0.2) is 18.2 Å². The van der Waals surface area contributed by atoms with Gasteiger partial charge >= 0.3 is 0 Å². The fraction of sp³-hybridized carbons (Fsp3) is 0.143. The van der Waals surface area contributed by atoms with Crippen LogP contribution in [-0.4, -0.2) is 17.1 Å². The van der Waals surface area contributed by atoms with Crippen molar-refractivity contribution in [2.75, 3.05) is 0 Å². The summed E-state index contributed by atoms with van der Waals surface area (Å²) in [6, 6.07) is 4.95. The molecule has 19 heavy (non-hydrogen) atoms. The summed E-state index contributed by atoms with van der Waals surface area (Å²) < 4.78 is 0. The molecule has 0 unspecified atom stereocenters. The third-order valence-electron chi connectivity index (χ3n) is 2.84. The molecule has 1 heterocycles. The molecule has 5 heteroatoms. The summed E-state index contributed by atoms with van der Waals surface area (Å²) in [6.45, 7) is 3.21. The van der Waals surface area contributed by atoms with E-state index in [-0.39, 0.29) is 5.78 Å². The van der Waals surface area contributed by atoms with Gasteiger partial charge in [0.2, 0.25) is 0 Å². The van der Waals surface area contributed by atoms with Crippen LogP contribution in [0.2, 0.25) is 10.0 Å². The maximum absolute atomic E-state index is 11.8. The van der Waals surface area contributed by atoms with Crippen molar-refractivity contribution < 1.29 is 9.59 Å². The first-order valence-electron chi connectivity index (χ1n) is 5.59. The summed E-state index contributed by atoms with van der Waals surface area (Å²) in [5, 5.41) is 0.903. The molecule has 0 aliphatic heterocycles. The molecule has 0 spiro atoms. The molecule has 2 aromatic rings. The number of H-pyrrole nitrogens is 1. The number of carbonyl (C=O) groups excluding carboxylic acids is 2.